The summed E-state index contributed by atoms with van der Waals surface area (Å²) in [6.07, 6.45) is 3.90. The van der Waals surface area contributed by atoms with Crippen LogP contribution in [0.15, 0.2) is 30.6 Å². The van der Waals surface area contributed by atoms with E-state index in [0.717, 1.165) is 35.4 Å². The summed E-state index contributed by atoms with van der Waals surface area (Å²) in [5.74, 6) is 1.47. The van der Waals surface area contributed by atoms with Crippen molar-refractivity contribution >= 4 is 40.0 Å². The molecular formula is C24H23Cl2N7O2. The van der Waals surface area contributed by atoms with E-state index in [1.54, 1.807) is 12.4 Å². The van der Waals surface area contributed by atoms with E-state index < -0.39 is 0 Å². The summed E-state index contributed by atoms with van der Waals surface area (Å²) in [7, 11) is 0. The predicted molar refractivity (Wildman–Crippen MR) is 132 cm³/mol. The van der Waals surface area contributed by atoms with Gasteiger partial charge in [-0.3, -0.25) is 19.8 Å². The molecule has 35 heavy (non-hydrogen) atoms. The maximum Gasteiger partial charge on any atom is 0.237 e. The van der Waals surface area contributed by atoms with E-state index in [1.807, 2.05) is 30.0 Å². The molecule has 2 aliphatic heterocycles. The lowest BCUT2D eigenvalue weighted by Crippen LogP contribution is -2.44. The molecule has 0 radical (unpaired) electrons. The molecule has 5 heterocycles. The molecule has 0 aliphatic carbocycles. The van der Waals surface area contributed by atoms with Crippen LogP contribution in [0.25, 0.3) is 22.4 Å². The second-order valence-corrected chi connectivity index (χ2v) is 9.76. The first-order valence-electron chi connectivity index (χ1n) is 11.5. The van der Waals surface area contributed by atoms with Gasteiger partial charge in [-0.2, -0.15) is 5.10 Å². The number of hydrogen-bond acceptors (Lipinski definition) is 6. The van der Waals surface area contributed by atoms with Gasteiger partial charge in [0.05, 0.1) is 46.6 Å². The monoisotopic (exact) mass is 511 g/mol. The Bertz CT molecular complexity index is 1390. The van der Waals surface area contributed by atoms with Gasteiger partial charge in [-0.25, -0.2) is 4.98 Å². The number of nitrogens with one attached hydrogen (secondary N) is 2. The van der Waals surface area contributed by atoms with Gasteiger partial charge in [0.15, 0.2) is 5.82 Å². The van der Waals surface area contributed by atoms with Crippen molar-refractivity contribution in [3.63, 3.8) is 0 Å². The summed E-state index contributed by atoms with van der Waals surface area (Å²) >= 11 is 12.6. The van der Waals surface area contributed by atoms with Gasteiger partial charge in [0.25, 0.3) is 0 Å². The van der Waals surface area contributed by atoms with Crippen molar-refractivity contribution in [1.29, 1.82) is 0 Å². The minimum atomic E-state index is -0.377. The van der Waals surface area contributed by atoms with Crippen molar-refractivity contribution in [2.24, 2.45) is 0 Å². The Hall–Kier alpha value is -3.14. The third-order valence-electron chi connectivity index (χ3n) is 6.58. The molecule has 1 fully saturated rings. The van der Waals surface area contributed by atoms with Gasteiger partial charge in [-0.05, 0) is 44.6 Å². The van der Waals surface area contributed by atoms with Gasteiger partial charge in [0, 0.05) is 23.3 Å². The van der Waals surface area contributed by atoms with Crippen LogP contribution in [0.4, 0.5) is 0 Å². The van der Waals surface area contributed by atoms with E-state index in [1.165, 1.54) is 6.42 Å². The number of pyridine rings is 1. The molecule has 0 bridgehead atoms. The number of fused-ring (bicyclic) bond motifs is 2. The van der Waals surface area contributed by atoms with Crippen LogP contribution in [-0.2, 0) is 17.9 Å². The van der Waals surface area contributed by atoms with Crippen molar-refractivity contribution in [2.45, 2.75) is 32.5 Å². The number of carbonyl (C=O) groups is 1. The predicted octanol–water partition coefficient (Wildman–Crippen LogP) is 4.34. The highest BCUT2D eigenvalue weighted by atomic mass is 35.5. The van der Waals surface area contributed by atoms with Crippen LogP contribution in [0.5, 0.6) is 5.75 Å². The minimum absolute atomic E-state index is 0.146. The first-order valence-corrected chi connectivity index (χ1v) is 12.2. The van der Waals surface area contributed by atoms with E-state index in [9.17, 15) is 4.79 Å². The molecule has 3 aromatic heterocycles. The maximum absolute atomic E-state index is 12.6. The van der Waals surface area contributed by atoms with Gasteiger partial charge in [0.1, 0.15) is 17.5 Å². The number of likely N-dealkylation sites (tertiary alicyclic amines) is 1. The SMILES string of the molecule is C[C@@H](Oc1ccc2[nH]nc(-c3nc4c([nH]3)CN(C(=O)CN3CCC3)C4)c2c1)c1c(Cl)cncc1Cl. The lowest BCUT2D eigenvalue weighted by Gasteiger charge is -2.31. The van der Waals surface area contributed by atoms with Gasteiger partial charge >= 0.3 is 0 Å². The molecule has 1 atom stereocenters. The Balaban J connectivity index is 1.22. The number of rotatable bonds is 6. The molecule has 180 valence electrons. The number of benzene rings is 1. The van der Waals surface area contributed by atoms with Crippen molar-refractivity contribution in [3.05, 3.63) is 57.6 Å². The normalized spacial score (nSPS) is 16.4. The zero-order valence-corrected chi connectivity index (χ0v) is 20.5. The van der Waals surface area contributed by atoms with Crippen molar-refractivity contribution in [3.8, 4) is 17.3 Å². The fourth-order valence-corrected chi connectivity index (χ4v) is 5.25. The lowest BCUT2D eigenvalue weighted by atomic mass is 10.1. The summed E-state index contributed by atoms with van der Waals surface area (Å²) in [4.78, 5) is 28.7. The van der Waals surface area contributed by atoms with Crippen LogP contribution < -0.4 is 4.74 Å². The number of amides is 1. The molecule has 0 saturated carbocycles. The summed E-state index contributed by atoms with van der Waals surface area (Å²) in [6.45, 7) is 5.44. The number of aromatic amines is 2. The molecule has 6 rings (SSSR count). The number of nitrogens with zero attached hydrogens (tertiary/aromatic N) is 5. The Labute approximate surface area is 211 Å². The van der Waals surface area contributed by atoms with E-state index in [-0.39, 0.29) is 12.0 Å². The summed E-state index contributed by atoms with van der Waals surface area (Å²) in [5.41, 5.74) is 4.09. The number of halogens is 2. The molecule has 0 spiro atoms. The van der Waals surface area contributed by atoms with Gasteiger partial charge in [0.2, 0.25) is 5.91 Å². The lowest BCUT2D eigenvalue weighted by molar-refractivity contribution is -0.134. The fourth-order valence-electron chi connectivity index (χ4n) is 4.57. The quantitative estimate of drug-likeness (QED) is 0.399. The average Bonchev–Trinajstić information content (AvgIpc) is 3.48. The molecule has 2 N–H and O–H groups in total. The van der Waals surface area contributed by atoms with Crippen LogP contribution in [0.3, 0.4) is 0 Å². The van der Waals surface area contributed by atoms with Crippen LogP contribution >= 0.6 is 23.2 Å². The van der Waals surface area contributed by atoms with Gasteiger partial charge in [-0.15, -0.1) is 0 Å². The number of imidazole rings is 1. The van der Waals surface area contributed by atoms with E-state index >= 15 is 0 Å². The van der Waals surface area contributed by atoms with Crippen molar-refractivity contribution in [1.82, 2.24) is 34.9 Å². The summed E-state index contributed by atoms with van der Waals surface area (Å²) < 4.78 is 6.16. The Morgan fingerprint density at radius 1 is 1.20 bits per heavy atom. The van der Waals surface area contributed by atoms with E-state index in [0.29, 0.717) is 52.5 Å². The topological polar surface area (TPSA) is 103 Å². The molecule has 0 unspecified atom stereocenters. The zero-order valence-electron chi connectivity index (χ0n) is 19.0. The van der Waals surface area contributed by atoms with Crippen LogP contribution in [-0.4, -0.2) is 60.5 Å². The van der Waals surface area contributed by atoms with Crippen LogP contribution in [0.2, 0.25) is 10.0 Å². The minimum Gasteiger partial charge on any atom is -0.486 e. The van der Waals surface area contributed by atoms with Crippen molar-refractivity contribution < 1.29 is 9.53 Å². The summed E-state index contributed by atoms with van der Waals surface area (Å²) in [6, 6.07) is 5.70. The number of carbonyl (C=O) groups excluding carboxylic acids is 1. The number of H-pyrrole nitrogens is 2. The van der Waals surface area contributed by atoms with E-state index in [4.69, 9.17) is 32.9 Å². The Kier molecular flexibility index (Phi) is 5.63. The largest absolute Gasteiger partial charge is 0.486 e. The van der Waals surface area contributed by atoms with Gasteiger partial charge < -0.3 is 14.6 Å². The third kappa shape index (κ3) is 4.13. The van der Waals surface area contributed by atoms with Crippen LogP contribution in [0.1, 0.15) is 36.4 Å². The molecule has 2 aliphatic rings. The zero-order chi connectivity index (χ0) is 24.1. The number of aromatic nitrogens is 5. The first-order chi connectivity index (χ1) is 17.0. The maximum atomic E-state index is 12.6. The molecule has 9 nitrogen and oxygen atoms in total. The van der Waals surface area contributed by atoms with Crippen molar-refractivity contribution in [2.75, 3.05) is 19.6 Å². The van der Waals surface area contributed by atoms with E-state index in [2.05, 4.69) is 25.1 Å². The first kappa shape index (κ1) is 22.3. The highest BCUT2D eigenvalue weighted by Crippen LogP contribution is 2.35. The third-order valence-corrected chi connectivity index (χ3v) is 7.19. The van der Waals surface area contributed by atoms with Crippen LogP contribution in [0, 0.1) is 0 Å². The Morgan fingerprint density at radius 2 is 2.00 bits per heavy atom. The summed E-state index contributed by atoms with van der Waals surface area (Å²) in [5, 5.41) is 9.33. The Morgan fingerprint density at radius 3 is 2.71 bits per heavy atom. The molecule has 11 heteroatoms. The smallest absolute Gasteiger partial charge is 0.237 e. The van der Waals surface area contributed by atoms with Gasteiger partial charge in [-0.1, -0.05) is 23.2 Å². The molecule has 1 aromatic carbocycles. The molecule has 1 amide bonds. The molecular weight excluding hydrogens is 489 g/mol. The fraction of sp³-hybridized carbons (Fsp3) is 0.333. The molecule has 1 saturated heterocycles. The number of ether oxygens (including phenoxy) is 1. The second kappa shape index (κ2) is 8.82. The highest BCUT2D eigenvalue weighted by molar-refractivity contribution is 6.35. The highest BCUT2D eigenvalue weighted by Gasteiger charge is 2.29. The number of hydrogen-bond donors (Lipinski definition) is 2. The standard InChI is InChI=1S/C24H23Cl2N7O2/c1-13(22-16(25)8-27-9-17(22)26)35-14-3-4-18-15(7-14)23(31-30-18)24-28-19-10-33(11-20(19)29-24)21(34)12-32-5-2-6-32/h3-4,7-9,13H,2,5-6,10-12H2,1H3,(H,28,29)(H,30,31)/t13-/m1/s1. The average molecular weight is 512 g/mol. The molecule has 4 aromatic rings. The second-order valence-electron chi connectivity index (χ2n) is 8.95.